The molecule has 4 bridgehead atoms. The zero-order valence-corrected chi connectivity index (χ0v) is 14.0. The molecule has 4 heteroatoms. The van der Waals surface area contributed by atoms with Crippen molar-refractivity contribution in [1.29, 1.82) is 0 Å². The second kappa shape index (κ2) is 4.79. The van der Waals surface area contributed by atoms with Gasteiger partial charge in [0.1, 0.15) is 0 Å². The highest BCUT2D eigenvalue weighted by molar-refractivity contribution is 9.10. The lowest BCUT2D eigenvalue weighted by molar-refractivity contribution is -0.0354. The van der Waals surface area contributed by atoms with Gasteiger partial charge in [0.2, 0.25) is 0 Å². The van der Waals surface area contributed by atoms with E-state index in [4.69, 9.17) is 11.6 Å². The van der Waals surface area contributed by atoms with Crippen LogP contribution in [0.25, 0.3) is 0 Å². The summed E-state index contributed by atoms with van der Waals surface area (Å²) in [7, 11) is 0. The Bertz CT molecular complexity index is 592. The van der Waals surface area contributed by atoms with Gasteiger partial charge in [-0.25, -0.2) is 4.39 Å². The molecule has 1 aromatic rings. The summed E-state index contributed by atoms with van der Waals surface area (Å²) in [5, 5.41) is 0.0191. The molecule has 0 atom stereocenters. The predicted molar refractivity (Wildman–Crippen MR) is 84.0 cm³/mol. The molecule has 1 aromatic carbocycles. The highest BCUT2D eigenvalue weighted by atomic mass is 79.9. The summed E-state index contributed by atoms with van der Waals surface area (Å²) in [6, 6.07) is 3.27. The van der Waals surface area contributed by atoms with Gasteiger partial charge in [0.25, 0.3) is 0 Å². The average Bonchev–Trinajstić information content (AvgIpc) is 2.43. The molecular weight excluding hydrogens is 355 g/mol. The smallest absolute Gasteiger partial charge is 0.172 e. The van der Waals surface area contributed by atoms with Gasteiger partial charge in [-0.05, 0) is 84.3 Å². The summed E-state index contributed by atoms with van der Waals surface area (Å²) in [6.07, 6.45) is 6.67. The Morgan fingerprint density at radius 2 is 1.67 bits per heavy atom. The van der Waals surface area contributed by atoms with E-state index in [9.17, 15) is 9.18 Å². The minimum absolute atomic E-state index is 0.00602. The molecule has 1 nitrogen and oxygen atoms in total. The van der Waals surface area contributed by atoms with Crippen molar-refractivity contribution in [3.63, 3.8) is 0 Å². The fourth-order valence-corrected chi connectivity index (χ4v) is 5.85. The molecule has 0 radical (unpaired) electrons. The monoisotopic (exact) mass is 370 g/mol. The molecule has 0 unspecified atom stereocenters. The Labute approximate surface area is 137 Å². The topological polar surface area (TPSA) is 17.1 Å². The van der Waals surface area contributed by atoms with Crippen molar-refractivity contribution in [2.75, 3.05) is 0 Å². The molecule has 112 valence electrons. The van der Waals surface area contributed by atoms with Crippen LogP contribution in [-0.4, -0.2) is 5.78 Å². The van der Waals surface area contributed by atoms with Gasteiger partial charge in [0, 0.05) is 9.89 Å². The summed E-state index contributed by atoms with van der Waals surface area (Å²) >= 11 is 9.17. The third-order valence-electron chi connectivity index (χ3n) is 5.80. The highest BCUT2D eigenvalue weighted by Gasteiger charge is 2.54. The summed E-state index contributed by atoms with van der Waals surface area (Å²) < 4.78 is 14.9. The maximum atomic E-state index is 14.4. The van der Waals surface area contributed by atoms with Gasteiger partial charge in [-0.2, -0.15) is 0 Å². The van der Waals surface area contributed by atoms with Crippen molar-refractivity contribution in [3.8, 4) is 0 Å². The molecule has 0 aromatic heterocycles. The molecule has 4 saturated carbocycles. The van der Waals surface area contributed by atoms with Crippen molar-refractivity contribution in [2.45, 2.75) is 38.5 Å². The number of rotatable bonds is 2. The molecule has 0 N–H and O–H groups in total. The van der Waals surface area contributed by atoms with Gasteiger partial charge in [-0.3, -0.25) is 4.79 Å². The Kier molecular flexibility index (Phi) is 3.24. The first kappa shape index (κ1) is 14.2. The number of hydrogen-bond acceptors (Lipinski definition) is 1. The molecular formula is C17H17BrClFO. The lowest BCUT2D eigenvalue weighted by atomic mass is 9.48. The summed E-state index contributed by atoms with van der Waals surface area (Å²) in [5.41, 5.74) is -0.127. The number of Topliss-reactive ketones (excluding diaryl/α,β-unsaturated/α-hetero) is 1. The van der Waals surface area contributed by atoms with Crippen LogP contribution in [0.1, 0.15) is 48.9 Å². The first-order valence-electron chi connectivity index (χ1n) is 7.67. The van der Waals surface area contributed by atoms with E-state index >= 15 is 0 Å². The second-order valence-electron chi connectivity index (χ2n) is 7.25. The molecule has 4 aliphatic rings. The van der Waals surface area contributed by atoms with Crippen molar-refractivity contribution >= 4 is 33.3 Å². The number of carbonyl (C=O) groups excluding carboxylic acids is 1. The van der Waals surface area contributed by atoms with Gasteiger partial charge < -0.3 is 0 Å². The fraction of sp³-hybridized carbons (Fsp3) is 0.588. The zero-order chi connectivity index (χ0) is 14.8. The Morgan fingerprint density at radius 1 is 1.14 bits per heavy atom. The molecule has 0 spiro atoms. The third kappa shape index (κ3) is 2.11. The molecule has 4 fully saturated rings. The van der Waals surface area contributed by atoms with Crippen LogP contribution in [0.4, 0.5) is 4.39 Å². The molecule has 0 amide bonds. The van der Waals surface area contributed by atoms with Crippen molar-refractivity contribution in [3.05, 3.63) is 33.0 Å². The molecule has 5 rings (SSSR count). The summed E-state index contributed by atoms with van der Waals surface area (Å²) in [6.45, 7) is 0. The third-order valence-corrected chi connectivity index (χ3v) is 7.06. The minimum Gasteiger partial charge on any atom is -0.293 e. The van der Waals surface area contributed by atoms with Crippen LogP contribution in [0.15, 0.2) is 16.6 Å². The maximum absolute atomic E-state index is 14.4. The number of benzene rings is 1. The van der Waals surface area contributed by atoms with Crippen LogP contribution in [0.2, 0.25) is 5.02 Å². The predicted octanol–water partition coefficient (Wildman–Crippen LogP) is 5.64. The Morgan fingerprint density at radius 3 is 2.19 bits per heavy atom. The van der Waals surface area contributed by atoms with E-state index in [0.29, 0.717) is 22.2 Å². The number of hydrogen-bond donors (Lipinski definition) is 0. The van der Waals surface area contributed by atoms with Crippen LogP contribution in [0.3, 0.4) is 0 Å². The molecule has 21 heavy (non-hydrogen) atoms. The van der Waals surface area contributed by atoms with E-state index in [-0.39, 0.29) is 21.8 Å². The van der Waals surface area contributed by atoms with E-state index < -0.39 is 5.82 Å². The van der Waals surface area contributed by atoms with Gasteiger partial charge >= 0.3 is 0 Å². The van der Waals surface area contributed by atoms with Crippen LogP contribution < -0.4 is 0 Å². The SMILES string of the molecule is O=C(c1ccc(Br)c(Cl)c1F)C12CC3CC(CC(C3)C1)C2. The first-order chi connectivity index (χ1) is 9.98. The van der Waals surface area contributed by atoms with Crippen molar-refractivity contribution < 1.29 is 9.18 Å². The van der Waals surface area contributed by atoms with Gasteiger partial charge in [-0.15, -0.1) is 0 Å². The number of halogens is 3. The van der Waals surface area contributed by atoms with Gasteiger partial charge in [-0.1, -0.05) is 11.6 Å². The Hall–Kier alpha value is -0.410. The van der Waals surface area contributed by atoms with E-state index in [1.54, 1.807) is 12.1 Å². The molecule has 4 aliphatic carbocycles. The van der Waals surface area contributed by atoms with Gasteiger partial charge in [0.15, 0.2) is 11.6 Å². The number of ketones is 1. The minimum atomic E-state index is -0.563. The Balaban J connectivity index is 1.74. The summed E-state index contributed by atoms with van der Waals surface area (Å²) in [5.74, 6) is 1.46. The van der Waals surface area contributed by atoms with Crippen LogP contribution in [0, 0.1) is 29.0 Å². The second-order valence-corrected chi connectivity index (χ2v) is 8.48. The average molecular weight is 372 g/mol. The number of carbonyl (C=O) groups is 1. The quantitative estimate of drug-likeness (QED) is 0.485. The zero-order valence-electron chi connectivity index (χ0n) is 11.7. The summed E-state index contributed by atoms with van der Waals surface area (Å²) in [4.78, 5) is 13.1. The normalized spacial score (nSPS) is 37.0. The van der Waals surface area contributed by atoms with E-state index in [1.807, 2.05) is 0 Å². The van der Waals surface area contributed by atoms with Crippen molar-refractivity contribution in [1.82, 2.24) is 0 Å². The van der Waals surface area contributed by atoms with E-state index in [2.05, 4.69) is 15.9 Å². The fourth-order valence-electron chi connectivity index (χ4n) is 5.38. The highest BCUT2D eigenvalue weighted by Crippen LogP contribution is 2.61. The van der Waals surface area contributed by atoms with Crippen LogP contribution >= 0.6 is 27.5 Å². The lowest BCUT2D eigenvalue weighted by Gasteiger charge is -2.56. The lowest BCUT2D eigenvalue weighted by Crippen LogP contribution is -2.50. The molecule has 0 saturated heterocycles. The first-order valence-corrected chi connectivity index (χ1v) is 8.84. The van der Waals surface area contributed by atoms with Crippen LogP contribution in [0.5, 0.6) is 0 Å². The van der Waals surface area contributed by atoms with Crippen molar-refractivity contribution in [2.24, 2.45) is 23.2 Å². The molecule has 0 heterocycles. The molecule has 0 aliphatic heterocycles. The van der Waals surface area contributed by atoms with E-state index in [0.717, 1.165) is 19.3 Å². The van der Waals surface area contributed by atoms with Crippen LogP contribution in [-0.2, 0) is 0 Å². The largest absolute Gasteiger partial charge is 0.293 e. The van der Waals surface area contributed by atoms with Gasteiger partial charge in [0.05, 0.1) is 10.6 Å². The maximum Gasteiger partial charge on any atom is 0.172 e. The standard InChI is InChI=1S/C17H17BrClFO/c18-13-2-1-12(15(20)14(13)19)16(21)17-6-9-3-10(7-17)5-11(4-9)8-17/h1-2,9-11H,3-8H2. The van der Waals surface area contributed by atoms with E-state index in [1.165, 1.54) is 19.3 Å².